The van der Waals surface area contributed by atoms with Crippen molar-refractivity contribution in [3.8, 4) is 18.2 Å². The van der Waals surface area contributed by atoms with Crippen LogP contribution in [0.15, 0.2) is 128 Å². The molecule has 5 amide bonds. The number of halogens is 3. The van der Waals surface area contributed by atoms with Crippen molar-refractivity contribution in [2.45, 2.75) is 106 Å². The Balaban J connectivity index is 0.000000238. The van der Waals surface area contributed by atoms with E-state index in [-0.39, 0.29) is 53.9 Å². The van der Waals surface area contributed by atoms with Crippen LogP contribution in [0.3, 0.4) is 0 Å². The van der Waals surface area contributed by atoms with Crippen LogP contribution in [-0.4, -0.2) is 214 Å². The van der Waals surface area contributed by atoms with Crippen molar-refractivity contribution in [2.75, 3.05) is 150 Å². The molecule has 121 heavy (non-hydrogen) atoms. The van der Waals surface area contributed by atoms with Crippen molar-refractivity contribution in [1.29, 1.82) is 15.8 Å². The number of alkyl halides is 1. The van der Waals surface area contributed by atoms with E-state index in [0.29, 0.717) is 52.0 Å². The quantitative estimate of drug-likeness (QED) is 0.0210. The van der Waals surface area contributed by atoms with Crippen LogP contribution in [0.2, 0.25) is 0 Å². The molecule has 14 rings (SSSR count). The summed E-state index contributed by atoms with van der Waals surface area (Å²) in [5.74, 6) is 7.28. The van der Waals surface area contributed by atoms with Crippen LogP contribution in [-0.2, 0) is 14.9 Å². The molecule has 0 atom stereocenters. The maximum absolute atomic E-state index is 12.6. The van der Waals surface area contributed by atoms with E-state index < -0.39 is 21.9 Å². The Bertz CT molecular complexity index is 5290. The van der Waals surface area contributed by atoms with Gasteiger partial charge in [-0.05, 0) is 234 Å². The molecule has 4 aromatic heterocycles. The lowest BCUT2D eigenvalue weighted by molar-refractivity contribution is -0.512. The number of carbonyl (C=O) groups excluding carboxylic acids is 5. The summed E-state index contributed by atoms with van der Waals surface area (Å²) in [6, 6.07) is 37.1. The second-order valence-corrected chi connectivity index (χ2v) is 33.1. The number of anilines is 4. The monoisotopic (exact) mass is 1770 g/mol. The number of ether oxygens (including phenoxy) is 1. The van der Waals surface area contributed by atoms with E-state index in [2.05, 4.69) is 169 Å². The number of fused-ring (bicyclic) bond motifs is 5. The molecular weight excluding hydrogens is 1660 g/mol. The number of hydrogen-bond acceptors (Lipinski definition) is 24. The van der Waals surface area contributed by atoms with Crippen molar-refractivity contribution in [2.24, 2.45) is 17.4 Å². The predicted molar refractivity (Wildman–Crippen MR) is 478 cm³/mol. The first-order valence-electron chi connectivity index (χ1n) is 39.8. The molecule has 646 valence electrons. The number of rotatable bonds is 16. The third-order valence-electron chi connectivity index (χ3n) is 21.2. The van der Waals surface area contributed by atoms with Crippen molar-refractivity contribution >= 4 is 124 Å². The maximum atomic E-state index is 12.6. The van der Waals surface area contributed by atoms with E-state index in [1.165, 1.54) is 55.6 Å². The van der Waals surface area contributed by atoms with Gasteiger partial charge in [0.15, 0.2) is 12.4 Å². The maximum Gasteiger partial charge on any atom is 0.474 e. The lowest BCUT2D eigenvalue weighted by Crippen LogP contribution is -3.00. The summed E-state index contributed by atoms with van der Waals surface area (Å²) in [5.41, 5.74) is 23.0. The lowest BCUT2D eigenvalue weighted by atomic mass is 10.0. The number of aromatic nitrogens is 4. The molecule has 0 bridgehead atoms. The molecule has 3 fully saturated rings. The third kappa shape index (κ3) is 25.3. The van der Waals surface area contributed by atoms with Crippen LogP contribution in [0.4, 0.5) is 27.5 Å². The molecule has 0 aliphatic carbocycles. The van der Waals surface area contributed by atoms with Crippen molar-refractivity contribution in [1.82, 2.24) is 44.6 Å². The highest BCUT2D eigenvalue weighted by Gasteiger charge is 2.37. The van der Waals surface area contributed by atoms with E-state index in [4.69, 9.17) is 10.5 Å². The fourth-order valence-corrected chi connectivity index (χ4v) is 15.7. The van der Waals surface area contributed by atoms with Gasteiger partial charge in [-0.3, -0.25) is 55.6 Å². The van der Waals surface area contributed by atoms with E-state index in [1.54, 1.807) is 100 Å². The highest BCUT2D eigenvalue weighted by Crippen LogP contribution is 2.36. The van der Waals surface area contributed by atoms with E-state index in [0.717, 1.165) is 201 Å². The number of hydrazine groups is 1. The number of benzene rings is 5. The van der Waals surface area contributed by atoms with Gasteiger partial charge in [-0.15, -0.1) is 20.8 Å². The Morgan fingerprint density at radius 3 is 1.27 bits per heavy atom. The molecular formula is C88H113BrCl2N20O9S. The summed E-state index contributed by atoms with van der Waals surface area (Å²) in [5, 5.41) is 36.3. The van der Waals surface area contributed by atoms with Crippen LogP contribution in [0.5, 0.6) is 0 Å². The number of nitrogens with two attached hydrogens (primary N) is 3. The number of aryl methyl sites for hydroxylation is 6. The summed E-state index contributed by atoms with van der Waals surface area (Å²) in [6.07, 6.45) is 12.6. The second kappa shape index (κ2) is 46.4. The van der Waals surface area contributed by atoms with Crippen LogP contribution in [0.25, 0.3) is 32.7 Å². The number of imide groups is 2. The summed E-state index contributed by atoms with van der Waals surface area (Å²) in [7, 11) is -0.320. The fraction of sp³-hybridized carbons (Fsp3) is 0.409. The molecule has 3 saturated heterocycles. The zero-order chi connectivity index (χ0) is 85.5. The summed E-state index contributed by atoms with van der Waals surface area (Å²) < 4.78 is 31.5. The molecule has 0 radical (unpaired) electrons. The summed E-state index contributed by atoms with van der Waals surface area (Å²) in [4.78, 5) is 90.3. The number of hydrogen-bond donors (Lipinski definition) is 5. The molecule has 0 spiro atoms. The lowest BCUT2D eigenvalue weighted by Gasteiger charge is -2.26. The molecule has 33 heteroatoms. The van der Waals surface area contributed by atoms with E-state index in [1.807, 2.05) is 23.7 Å². The SMILES string of the molecule is CN(C)c1cc[n+](S(=O)(=O)NC(=O)OC(C)(C)C)cc1.Cc1cc2ncc(C#N)c(N3CCCN(CCCN)CC3)c2cc1C.Cc1cc2ncc(C#N)c(N3CCCN(CCCN4C(=O)c5ccccc5C4=O)CC3)c2cc1C.Cc1cc2ncc(C#N)c(N3CCCNCC3)c2cc1C.Cl.NN.O.O=C1c2ccccc2C(=O)N1CCCBr.[Cl-]. The Labute approximate surface area is 731 Å². The van der Waals surface area contributed by atoms with Gasteiger partial charge in [-0.2, -0.15) is 20.5 Å². The highest BCUT2D eigenvalue weighted by atomic mass is 79.9. The minimum Gasteiger partial charge on any atom is -1.00 e. The van der Waals surface area contributed by atoms with Crippen molar-refractivity contribution < 1.29 is 59.0 Å². The van der Waals surface area contributed by atoms with Crippen LogP contribution in [0.1, 0.15) is 151 Å². The van der Waals surface area contributed by atoms with Gasteiger partial charge in [0.1, 0.15) is 23.8 Å². The molecule has 5 aliphatic heterocycles. The minimum absolute atomic E-state index is 0. The van der Waals surface area contributed by atoms with E-state index in [9.17, 15) is 48.2 Å². The Morgan fingerprint density at radius 2 is 0.909 bits per heavy atom. The molecule has 0 unspecified atom stereocenters. The third-order valence-corrected chi connectivity index (χ3v) is 23.0. The number of carbonyl (C=O) groups is 5. The zero-order valence-corrected chi connectivity index (χ0v) is 74.8. The largest absolute Gasteiger partial charge is 1.00 e. The molecule has 29 nitrogen and oxygen atoms in total. The smallest absolute Gasteiger partial charge is 0.474 e. The van der Waals surface area contributed by atoms with Gasteiger partial charge < -0.3 is 63.1 Å². The number of nitrogens with one attached hydrogen (secondary N) is 2. The van der Waals surface area contributed by atoms with Gasteiger partial charge >= 0.3 is 16.3 Å². The normalized spacial score (nSPS) is 14.6. The van der Waals surface area contributed by atoms with Crippen molar-refractivity contribution in [3.63, 3.8) is 0 Å². The first-order valence-corrected chi connectivity index (χ1v) is 42.4. The van der Waals surface area contributed by atoms with Crippen LogP contribution >= 0.6 is 28.3 Å². The molecule has 5 aromatic carbocycles. The molecule has 5 aliphatic rings. The number of amides is 5. The van der Waals surface area contributed by atoms with Crippen LogP contribution in [0, 0.1) is 75.5 Å². The summed E-state index contributed by atoms with van der Waals surface area (Å²) in [6.45, 7) is 32.5. The van der Waals surface area contributed by atoms with Crippen molar-refractivity contribution in [3.05, 3.63) is 200 Å². The van der Waals surface area contributed by atoms with Gasteiger partial charge in [0.25, 0.3) is 23.6 Å². The topological polar surface area (TPSA) is 402 Å². The van der Waals surface area contributed by atoms with E-state index >= 15 is 0 Å². The van der Waals surface area contributed by atoms with Gasteiger partial charge in [-0.1, -0.05) is 44.2 Å². The Kier molecular flexibility index (Phi) is 38.1. The molecule has 9 aromatic rings. The Morgan fingerprint density at radius 1 is 0.545 bits per heavy atom. The first-order chi connectivity index (χ1) is 56.6. The highest BCUT2D eigenvalue weighted by molar-refractivity contribution is 9.09. The molecule has 9 heterocycles. The number of nitriles is 3. The molecule has 10 N–H and O–H groups in total. The summed E-state index contributed by atoms with van der Waals surface area (Å²) >= 11 is 3.28. The Hall–Kier alpha value is -10.6. The van der Waals surface area contributed by atoms with Gasteiger partial charge in [0.05, 0.1) is 72.6 Å². The standard InChI is InChI=1S/C28H29N5O2.C20H27N5.C17H20N4.C12H19N3O4S.C11H10BrNO2.2ClH.H4N2.H2O/c1-19-15-24-25(16-20(19)2)30-18-21(17-29)26(24)32-11-5-9-31(13-14-32)10-6-12-33-27(34)22-7-3-4-8-23(22)28(33)35;1-15-11-18-19(12-16(15)2)23-14-17(13-22)20(18)25-8-4-7-24(9-10-25)6-3-5-21;1-12-8-15-16(9-13(12)2)20-11-14(10-18)17(15)21-6-3-4-19-5-7-21;1-12(2,3)19-11(16)13-20(17,18)15-8-6-10(7-9-15)14(4)5;12-6-3-7-13-10(14)8-4-1-2-5-9(8)11(13)15;;;1-2;/h3-4,7-8,15-16,18H,5-6,9-14H2,1-2H3;11-12,14H,3-10,21H2,1-2H3;8-9,11,19H,3-7H2,1-2H3;6-9H,1-5H3;1-2,4-5H,3,6-7H2;2*1H;1-2H2;1H2. The second-order valence-electron chi connectivity index (χ2n) is 30.8. The molecule has 0 saturated carbocycles. The minimum atomic E-state index is -4.00. The average molecular weight is 1780 g/mol. The van der Waals surface area contributed by atoms with Crippen LogP contribution < -0.4 is 63.4 Å². The average Bonchev–Trinajstić information content (AvgIpc) is 1.65. The van der Waals surface area contributed by atoms with Gasteiger partial charge in [-0.25, -0.2) is 4.79 Å². The number of nitrogens with zero attached hydrogens (tertiary/aromatic N) is 15. The first kappa shape index (κ1) is 99.2. The van der Waals surface area contributed by atoms with Gasteiger partial charge in [0.2, 0.25) is 0 Å². The fourth-order valence-electron chi connectivity index (χ4n) is 14.7. The van der Waals surface area contributed by atoms with Gasteiger partial charge in [0, 0.05) is 144 Å². The number of pyridine rings is 4. The zero-order valence-electron chi connectivity index (χ0n) is 70.9. The predicted octanol–water partition coefficient (Wildman–Crippen LogP) is 7.17.